The Morgan fingerprint density at radius 3 is 2.77 bits per heavy atom. The number of hydrogen-bond donors (Lipinski definition) is 2. The number of aryl methyl sites for hydroxylation is 1. The lowest BCUT2D eigenvalue weighted by molar-refractivity contribution is -0.115. The molecule has 1 aromatic heterocycles. The summed E-state index contributed by atoms with van der Waals surface area (Å²) in [4.78, 5) is 12.4. The molecule has 0 bridgehead atoms. The van der Waals surface area contributed by atoms with E-state index in [9.17, 15) is 9.18 Å². The molecule has 0 unspecified atom stereocenters. The molecule has 0 saturated carbocycles. The average Bonchev–Trinajstić information content (AvgIpc) is 3.23. The number of nitrogens with one attached hydrogen (secondary N) is 2. The van der Waals surface area contributed by atoms with Crippen molar-refractivity contribution in [3.05, 3.63) is 59.5 Å². The van der Waals surface area contributed by atoms with Gasteiger partial charge in [-0.25, -0.2) is 4.39 Å². The van der Waals surface area contributed by atoms with Crippen LogP contribution in [0, 0.1) is 12.7 Å². The van der Waals surface area contributed by atoms with Gasteiger partial charge in [0.2, 0.25) is 12.7 Å². The van der Waals surface area contributed by atoms with Crippen molar-refractivity contribution in [3.63, 3.8) is 0 Å². The lowest BCUT2D eigenvalue weighted by atomic mass is 10.1. The van der Waals surface area contributed by atoms with Crippen LogP contribution in [-0.2, 0) is 11.2 Å². The number of anilines is 1. The predicted octanol–water partition coefficient (Wildman–Crippen LogP) is 3.43. The third kappa shape index (κ3) is 3.11. The van der Waals surface area contributed by atoms with Crippen LogP contribution < -0.4 is 14.8 Å². The molecule has 1 aliphatic rings. The highest BCUT2D eigenvalue weighted by atomic mass is 19.1. The minimum atomic E-state index is -0.329. The summed E-state index contributed by atoms with van der Waals surface area (Å²) in [6.45, 7) is 2.02. The number of carbonyl (C=O) groups is 1. The molecule has 6 nitrogen and oxygen atoms in total. The van der Waals surface area contributed by atoms with Gasteiger partial charge in [-0.05, 0) is 42.8 Å². The van der Waals surface area contributed by atoms with Gasteiger partial charge in [0.1, 0.15) is 11.5 Å². The molecule has 1 aliphatic heterocycles. The Kier molecular flexibility index (Phi) is 4.04. The Labute approximate surface area is 149 Å². The largest absolute Gasteiger partial charge is 0.454 e. The van der Waals surface area contributed by atoms with E-state index in [1.165, 1.54) is 12.1 Å². The quantitative estimate of drug-likeness (QED) is 0.753. The lowest BCUT2D eigenvalue weighted by Gasteiger charge is -2.08. The Morgan fingerprint density at radius 1 is 1.19 bits per heavy atom. The zero-order valence-electron chi connectivity index (χ0n) is 14.0. The third-order valence-electron chi connectivity index (χ3n) is 4.14. The molecule has 132 valence electrons. The SMILES string of the molecule is Cc1[nH]nc(-c2ccc3c(c2)OCO3)c1NC(=O)Cc1ccc(F)cc1. The summed E-state index contributed by atoms with van der Waals surface area (Å²) in [5.41, 5.74) is 3.50. The molecule has 0 aliphatic carbocycles. The van der Waals surface area contributed by atoms with Crippen molar-refractivity contribution in [3.8, 4) is 22.8 Å². The van der Waals surface area contributed by atoms with Crippen molar-refractivity contribution in [1.29, 1.82) is 0 Å². The van der Waals surface area contributed by atoms with E-state index in [0.29, 0.717) is 22.9 Å². The van der Waals surface area contributed by atoms with E-state index in [4.69, 9.17) is 9.47 Å². The molecule has 2 heterocycles. The Morgan fingerprint density at radius 2 is 1.96 bits per heavy atom. The first-order chi connectivity index (χ1) is 12.6. The molecule has 26 heavy (non-hydrogen) atoms. The normalized spacial score (nSPS) is 12.2. The standard InChI is InChI=1S/C19H16FN3O3/c1-11-18(21-17(24)8-12-2-5-14(20)6-3-12)19(23-22-11)13-4-7-15-16(9-13)26-10-25-15/h2-7,9H,8,10H2,1H3,(H,21,24)(H,22,23). The highest BCUT2D eigenvalue weighted by Gasteiger charge is 2.19. The molecule has 3 aromatic rings. The Bertz CT molecular complexity index is 967. The zero-order chi connectivity index (χ0) is 18.1. The van der Waals surface area contributed by atoms with Crippen LogP contribution in [0.2, 0.25) is 0 Å². The fourth-order valence-corrected chi connectivity index (χ4v) is 2.81. The fourth-order valence-electron chi connectivity index (χ4n) is 2.81. The Hall–Kier alpha value is -3.35. The molecule has 0 radical (unpaired) electrons. The first kappa shape index (κ1) is 16.1. The summed E-state index contributed by atoms with van der Waals surface area (Å²) in [6, 6.07) is 11.4. The van der Waals surface area contributed by atoms with Crippen molar-refractivity contribution in [2.24, 2.45) is 0 Å². The first-order valence-electron chi connectivity index (χ1n) is 8.09. The molecule has 1 amide bonds. The van der Waals surface area contributed by atoms with Crippen molar-refractivity contribution >= 4 is 11.6 Å². The van der Waals surface area contributed by atoms with Crippen LogP contribution in [0.15, 0.2) is 42.5 Å². The summed E-state index contributed by atoms with van der Waals surface area (Å²) in [5.74, 6) is 0.794. The molecular weight excluding hydrogens is 337 g/mol. The van der Waals surface area contributed by atoms with Gasteiger partial charge in [0.15, 0.2) is 11.5 Å². The number of rotatable bonds is 4. The predicted molar refractivity (Wildman–Crippen MR) is 93.6 cm³/mol. The van der Waals surface area contributed by atoms with Crippen LogP contribution >= 0.6 is 0 Å². The first-order valence-corrected chi connectivity index (χ1v) is 8.09. The third-order valence-corrected chi connectivity index (χ3v) is 4.14. The van der Waals surface area contributed by atoms with Gasteiger partial charge in [0, 0.05) is 5.56 Å². The Balaban J connectivity index is 1.56. The number of hydrogen-bond acceptors (Lipinski definition) is 4. The van der Waals surface area contributed by atoms with E-state index in [1.807, 2.05) is 25.1 Å². The molecule has 0 spiro atoms. The number of amides is 1. The number of aromatic amines is 1. The second-order valence-corrected chi connectivity index (χ2v) is 5.99. The van der Waals surface area contributed by atoms with Gasteiger partial charge in [0.05, 0.1) is 17.8 Å². The summed E-state index contributed by atoms with van der Waals surface area (Å²) in [7, 11) is 0. The van der Waals surface area contributed by atoms with Gasteiger partial charge < -0.3 is 14.8 Å². The van der Waals surface area contributed by atoms with E-state index in [-0.39, 0.29) is 24.9 Å². The van der Waals surface area contributed by atoms with E-state index >= 15 is 0 Å². The second-order valence-electron chi connectivity index (χ2n) is 5.99. The molecule has 7 heteroatoms. The number of halogens is 1. The summed E-state index contributed by atoms with van der Waals surface area (Å²) >= 11 is 0. The summed E-state index contributed by atoms with van der Waals surface area (Å²) < 4.78 is 23.7. The number of nitrogens with zero attached hydrogens (tertiary/aromatic N) is 1. The van der Waals surface area contributed by atoms with Crippen LogP contribution in [0.25, 0.3) is 11.3 Å². The van der Waals surface area contributed by atoms with E-state index in [0.717, 1.165) is 16.8 Å². The van der Waals surface area contributed by atoms with Crippen molar-refractivity contribution in [2.75, 3.05) is 12.1 Å². The summed E-state index contributed by atoms with van der Waals surface area (Å²) in [5, 5.41) is 10.1. The van der Waals surface area contributed by atoms with Crippen LogP contribution in [0.4, 0.5) is 10.1 Å². The zero-order valence-corrected chi connectivity index (χ0v) is 14.0. The van der Waals surface area contributed by atoms with E-state index in [1.54, 1.807) is 12.1 Å². The van der Waals surface area contributed by atoms with Crippen molar-refractivity contribution in [1.82, 2.24) is 10.2 Å². The molecule has 2 N–H and O–H groups in total. The number of H-pyrrole nitrogens is 1. The highest BCUT2D eigenvalue weighted by molar-refractivity contribution is 5.96. The number of ether oxygens (including phenoxy) is 2. The topological polar surface area (TPSA) is 76.2 Å². The van der Waals surface area contributed by atoms with E-state index in [2.05, 4.69) is 15.5 Å². The maximum absolute atomic E-state index is 13.0. The molecule has 2 aromatic carbocycles. The van der Waals surface area contributed by atoms with E-state index < -0.39 is 0 Å². The monoisotopic (exact) mass is 353 g/mol. The average molecular weight is 353 g/mol. The molecular formula is C19H16FN3O3. The van der Waals surface area contributed by atoms with Gasteiger partial charge >= 0.3 is 0 Å². The number of aromatic nitrogens is 2. The van der Waals surface area contributed by atoms with Gasteiger partial charge in [0.25, 0.3) is 0 Å². The van der Waals surface area contributed by atoms with Crippen LogP contribution in [0.1, 0.15) is 11.3 Å². The molecule has 0 atom stereocenters. The lowest BCUT2D eigenvalue weighted by Crippen LogP contribution is -2.15. The number of carbonyl (C=O) groups excluding carboxylic acids is 1. The van der Waals surface area contributed by atoms with Gasteiger partial charge in [-0.3, -0.25) is 9.89 Å². The van der Waals surface area contributed by atoms with Gasteiger partial charge in [-0.15, -0.1) is 0 Å². The fraction of sp³-hybridized carbons (Fsp3) is 0.158. The van der Waals surface area contributed by atoms with Crippen LogP contribution in [0.5, 0.6) is 11.5 Å². The number of benzene rings is 2. The number of fused-ring (bicyclic) bond motifs is 1. The van der Waals surface area contributed by atoms with Crippen LogP contribution in [0.3, 0.4) is 0 Å². The van der Waals surface area contributed by atoms with Crippen LogP contribution in [-0.4, -0.2) is 22.9 Å². The maximum Gasteiger partial charge on any atom is 0.231 e. The minimum absolute atomic E-state index is 0.144. The van der Waals surface area contributed by atoms with Gasteiger partial charge in [-0.2, -0.15) is 5.10 Å². The van der Waals surface area contributed by atoms with Crippen molar-refractivity contribution < 1.29 is 18.7 Å². The second kappa shape index (κ2) is 6.51. The summed E-state index contributed by atoms with van der Waals surface area (Å²) in [6.07, 6.45) is 0.144. The maximum atomic E-state index is 13.0. The van der Waals surface area contributed by atoms with Crippen molar-refractivity contribution in [2.45, 2.75) is 13.3 Å². The molecule has 4 rings (SSSR count). The highest BCUT2D eigenvalue weighted by Crippen LogP contribution is 2.37. The molecule has 0 saturated heterocycles. The minimum Gasteiger partial charge on any atom is -0.454 e. The van der Waals surface area contributed by atoms with Gasteiger partial charge in [-0.1, -0.05) is 12.1 Å². The smallest absolute Gasteiger partial charge is 0.231 e. The molecule has 0 fully saturated rings.